The van der Waals surface area contributed by atoms with Gasteiger partial charge in [0.2, 0.25) is 5.41 Å². The highest BCUT2D eigenvalue weighted by molar-refractivity contribution is 5.46. The first kappa shape index (κ1) is 19.9. The predicted molar refractivity (Wildman–Crippen MR) is 83.2 cm³/mol. The van der Waals surface area contributed by atoms with Crippen molar-refractivity contribution in [3.63, 3.8) is 0 Å². The number of halogens is 6. The molecule has 0 bridgehead atoms. The van der Waals surface area contributed by atoms with Crippen molar-refractivity contribution in [1.29, 1.82) is 0 Å². The molecule has 26 heavy (non-hydrogen) atoms. The molecule has 1 N–H and O–H groups in total. The molecule has 2 rings (SSSR count). The first-order valence-electron chi connectivity index (χ1n) is 7.59. The molecule has 0 fully saturated rings. The quantitative estimate of drug-likeness (QED) is 0.703. The third-order valence-electron chi connectivity index (χ3n) is 3.81. The van der Waals surface area contributed by atoms with E-state index in [1.54, 1.807) is 13.8 Å². The van der Waals surface area contributed by atoms with Gasteiger partial charge in [0, 0.05) is 0 Å². The molecule has 0 radical (unpaired) electrons. The van der Waals surface area contributed by atoms with Crippen LogP contribution in [0.2, 0.25) is 0 Å². The Morgan fingerprint density at radius 3 is 1.46 bits per heavy atom. The Labute approximate surface area is 146 Å². The van der Waals surface area contributed by atoms with Gasteiger partial charge in [0.25, 0.3) is 0 Å². The Kier molecular flexibility index (Phi) is 5.17. The molecule has 0 aromatic heterocycles. The van der Waals surface area contributed by atoms with Gasteiger partial charge in [-0.25, -0.2) is 0 Å². The Hall–Kier alpha value is -2.38. The van der Waals surface area contributed by atoms with Crippen LogP contribution in [0.25, 0.3) is 0 Å². The van der Waals surface area contributed by atoms with Crippen molar-refractivity contribution in [2.45, 2.75) is 37.7 Å². The molecule has 8 heteroatoms. The van der Waals surface area contributed by atoms with Crippen LogP contribution in [-0.2, 0) is 5.41 Å². The summed E-state index contributed by atoms with van der Waals surface area (Å²) in [5.74, 6) is -0.277. The van der Waals surface area contributed by atoms with E-state index in [9.17, 15) is 31.4 Å². The van der Waals surface area contributed by atoms with Gasteiger partial charge in [0.15, 0.2) is 0 Å². The van der Waals surface area contributed by atoms with Crippen molar-refractivity contribution in [3.05, 3.63) is 59.7 Å². The Morgan fingerprint density at radius 1 is 0.731 bits per heavy atom. The van der Waals surface area contributed by atoms with Crippen LogP contribution in [0.1, 0.15) is 25.0 Å². The zero-order valence-corrected chi connectivity index (χ0v) is 13.8. The summed E-state index contributed by atoms with van der Waals surface area (Å²) in [5, 5.41) is 9.24. The topological polar surface area (TPSA) is 29.5 Å². The van der Waals surface area contributed by atoms with Crippen LogP contribution in [-0.4, -0.2) is 23.6 Å². The van der Waals surface area contributed by atoms with Crippen LogP contribution in [0.4, 0.5) is 26.3 Å². The van der Waals surface area contributed by atoms with Crippen LogP contribution in [0.15, 0.2) is 48.5 Å². The van der Waals surface area contributed by atoms with E-state index in [-0.39, 0.29) is 11.9 Å². The molecule has 0 saturated heterocycles. The largest absolute Gasteiger partial charge is 0.508 e. The van der Waals surface area contributed by atoms with Crippen LogP contribution >= 0.6 is 0 Å². The van der Waals surface area contributed by atoms with Gasteiger partial charge in [-0.1, -0.05) is 24.3 Å². The summed E-state index contributed by atoms with van der Waals surface area (Å²) < 4.78 is 88.3. The number of benzene rings is 2. The minimum Gasteiger partial charge on any atom is -0.508 e. The summed E-state index contributed by atoms with van der Waals surface area (Å²) in [6.45, 7) is 3.36. The maximum atomic E-state index is 13.8. The van der Waals surface area contributed by atoms with Gasteiger partial charge < -0.3 is 9.84 Å². The molecule has 142 valence electrons. The number of hydrogen-bond acceptors (Lipinski definition) is 2. The van der Waals surface area contributed by atoms with E-state index in [0.717, 1.165) is 36.4 Å². The summed E-state index contributed by atoms with van der Waals surface area (Å²) >= 11 is 0. The molecule has 0 aliphatic carbocycles. The van der Waals surface area contributed by atoms with Gasteiger partial charge in [-0.2, -0.15) is 26.3 Å². The highest BCUT2D eigenvalue weighted by atomic mass is 19.4. The average Bonchev–Trinajstić information content (AvgIpc) is 2.48. The van der Waals surface area contributed by atoms with E-state index < -0.39 is 34.6 Å². The Bertz CT molecular complexity index is 716. The zero-order chi connectivity index (χ0) is 19.8. The van der Waals surface area contributed by atoms with E-state index in [0.29, 0.717) is 12.1 Å². The van der Waals surface area contributed by atoms with Crippen molar-refractivity contribution in [3.8, 4) is 11.5 Å². The molecular formula is C18H16F6O2. The molecule has 2 aromatic carbocycles. The highest BCUT2D eigenvalue weighted by Crippen LogP contribution is 2.56. The van der Waals surface area contributed by atoms with E-state index in [1.807, 2.05) is 0 Å². The van der Waals surface area contributed by atoms with E-state index >= 15 is 0 Å². The molecular weight excluding hydrogens is 362 g/mol. The molecule has 0 aliphatic rings. The minimum absolute atomic E-state index is 0.160. The van der Waals surface area contributed by atoms with Crippen LogP contribution in [0.5, 0.6) is 11.5 Å². The summed E-state index contributed by atoms with van der Waals surface area (Å²) in [6.07, 6.45) is -11.6. The molecule has 0 saturated carbocycles. The standard InChI is InChI=1S/C18H16F6O2/c1-11(2)26-15-9-5-13(6-10-15)16(17(19,20)21,18(22,23)24)12-3-7-14(25)8-4-12/h3-11,25H,1-2H3. The van der Waals surface area contributed by atoms with Crippen molar-refractivity contribution in [2.24, 2.45) is 0 Å². The predicted octanol–water partition coefficient (Wildman–Crippen LogP) is 5.59. The van der Waals surface area contributed by atoms with E-state index in [1.165, 1.54) is 0 Å². The molecule has 2 nitrogen and oxygen atoms in total. The van der Waals surface area contributed by atoms with E-state index in [2.05, 4.69) is 0 Å². The maximum absolute atomic E-state index is 13.8. The fraction of sp³-hybridized carbons (Fsp3) is 0.333. The fourth-order valence-electron chi connectivity index (χ4n) is 2.75. The summed E-state index contributed by atoms with van der Waals surface area (Å²) in [7, 11) is 0. The lowest BCUT2D eigenvalue weighted by Gasteiger charge is -2.38. The number of phenolic OH excluding ortho intramolecular Hbond substituents is 1. The molecule has 0 aliphatic heterocycles. The van der Waals surface area contributed by atoms with E-state index in [4.69, 9.17) is 4.74 Å². The normalized spacial score (nSPS) is 13.1. The third-order valence-corrected chi connectivity index (χ3v) is 3.81. The van der Waals surface area contributed by atoms with Gasteiger partial charge in [-0.15, -0.1) is 0 Å². The number of hydrogen-bond donors (Lipinski definition) is 1. The van der Waals surface area contributed by atoms with Crippen LogP contribution in [0, 0.1) is 0 Å². The second-order valence-corrected chi connectivity index (χ2v) is 5.98. The van der Waals surface area contributed by atoms with Crippen LogP contribution in [0.3, 0.4) is 0 Å². The molecule has 0 spiro atoms. The molecule has 0 heterocycles. The lowest BCUT2D eigenvalue weighted by Crippen LogP contribution is -2.54. The minimum atomic E-state index is -5.66. The fourth-order valence-corrected chi connectivity index (χ4v) is 2.75. The lowest BCUT2D eigenvalue weighted by atomic mass is 9.73. The van der Waals surface area contributed by atoms with Crippen molar-refractivity contribution >= 4 is 0 Å². The number of phenols is 1. The van der Waals surface area contributed by atoms with Crippen LogP contribution < -0.4 is 4.74 Å². The Morgan fingerprint density at radius 2 is 1.12 bits per heavy atom. The SMILES string of the molecule is CC(C)Oc1ccc(C(c2ccc(O)cc2)(C(F)(F)F)C(F)(F)F)cc1. The monoisotopic (exact) mass is 378 g/mol. The molecule has 2 aromatic rings. The van der Waals surface area contributed by atoms with Gasteiger partial charge in [-0.05, 0) is 49.2 Å². The summed E-state index contributed by atoms with van der Waals surface area (Å²) in [5.41, 5.74) is -6.25. The number of rotatable bonds is 4. The second-order valence-electron chi connectivity index (χ2n) is 5.98. The van der Waals surface area contributed by atoms with Gasteiger partial charge >= 0.3 is 12.4 Å². The summed E-state index contributed by atoms with van der Waals surface area (Å²) in [4.78, 5) is 0. The summed E-state index contributed by atoms with van der Waals surface area (Å²) in [6, 6.07) is 6.47. The molecule has 0 atom stereocenters. The average molecular weight is 378 g/mol. The first-order chi connectivity index (χ1) is 11.9. The second kappa shape index (κ2) is 6.74. The number of aromatic hydroxyl groups is 1. The lowest BCUT2D eigenvalue weighted by molar-refractivity contribution is -0.288. The molecule has 0 unspecified atom stereocenters. The maximum Gasteiger partial charge on any atom is 0.411 e. The van der Waals surface area contributed by atoms with Gasteiger partial charge in [-0.3, -0.25) is 0 Å². The van der Waals surface area contributed by atoms with Crippen molar-refractivity contribution in [2.75, 3.05) is 0 Å². The smallest absolute Gasteiger partial charge is 0.411 e. The van der Waals surface area contributed by atoms with Crippen molar-refractivity contribution < 1.29 is 36.2 Å². The molecule has 0 amide bonds. The number of alkyl halides is 6. The Balaban J connectivity index is 2.73. The number of ether oxygens (including phenoxy) is 1. The third kappa shape index (κ3) is 3.45. The van der Waals surface area contributed by atoms with Gasteiger partial charge in [0.05, 0.1) is 6.10 Å². The first-order valence-corrected chi connectivity index (χ1v) is 7.59. The highest BCUT2D eigenvalue weighted by Gasteiger charge is 2.72. The zero-order valence-electron chi connectivity index (χ0n) is 13.8. The van der Waals surface area contributed by atoms with Gasteiger partial charge in [0.1, 0.15) is 11.5 Å². The van der Waals surface area contributed by atoms with Crippen molar-refractivity contribution in [1.82, 2.24) is 0 Å².